The van der Waals surface area contributed by atoms with Crippen molar-refractivity contribution >= 4 is 39.4 Å². The molecule has 0 bridgehead atoms. The smallest absolute Gasteiger partial charge is 0.407 e. The zero-order chi connectivity index (χ0) is 29.0. The van der Waals surface area contributed by atoms with E-state index >= 15 is 0 Å². The number of methoxy groups -OCH3 is 1. The van der Waals surface area contributed by atoms with Gasteiger partial charge in [-0.2, -0.15) is 0 Å². The minimum atomic E-state index is -0.652. The van der Waals surface area contributed by atoms with Crippen molar-refractivity contribution in [2.75, 3.05) is 30.5 Å². The van der Waals surface area contributed by atoms with Gasteiger partial charge in [0.15, 0.2) is 11.6 Å². The van der Waals surface area contributed by atoms with Crippen molar-refractivity contribution in [1.29, 1.82) is 0 Å². The van der Waals surface area contributed by atoms with Crippen molar-refractivity contribution in [2.24, 2.45) is 0 Å². The quantitative estimate of drug-likeness (QED) is 0.334. The Morgan fingerprint density at radius 3 is 2.67 bits per heavy atom. The maximum atomic E-state index is 14.6. The molecule has 1 saturated heterocycles. The number of aromatic nitrogens is 3. The van der Waals surface area contributed by atoms with Crippen LogP contribution in [0.5, 0.6) is 5.75 Å². The van der Waals surface area contributed by atoms with E-state index in [1.165, 1.54) is 31.5 Å². The van der Waals surface area contributed by atoms with E-state index in [0.29, 0.717) is 29.1 Å². The molecule has 3 heterocycles. The number of hydrogen-bond donors (Lipinski definition) is 3. The summed E-state index contributed by atoms with van der Waals surface area (Å²) in [5.74, 6) is -0.550. The number of alkyl carbamates (subject to hydrolysis) is 1. The average Bonchev–Trinajstić information content (AvgIpc) is 3.30. The first kappa shape index (κ1) is 29.2. The molecule has 1 fully saturated rings. The van der Waals surface area contributed by atoms with E-state index in [0.717, 1.165) is 0 Å². The van der Waals surface area contributed by atoms with Crippen LogP contribution in [0.4, 0.5) is 20.7 Å². The molecule has 212 valence electrons. The normalized spacial score (nSPS) is 16.9. The summed E-state index contributed by atoms with van der Waals surface area (Å²) in [6.45, 7) is 5.45. The molecule has 2 atom stereocenters. The number of pyridine rings is 1. The third kappa shape index (κ3) is 6.83. The highest BCUT2D eigenvalue weighted by Gasteiger charge is 2.36. The topological polar surface area (TPSA) is 139 Å². The van der Waals surface area contributed by atoms with Crippen LogP contribution >= 0.6 is 15.9 Å². The van der Waals surface area contributed by atoms with Crippen LogP contribution < -0.4 is 20.3 Å². The molecule has 0 saturated carbocycles. The summed E-state index contributed by atoms with van der Waals surface area (Å²) in [7, 11) is 1.41. The van der Waals surface area contributed by atoms with Gasteiger partial charge >= 0.3 is 6.09 Å². The molecule has 1 aromatic carbocycles. The number of halogens is 2. The van der Waals surface area contributed by atoms with E-state index in [4.69, 9.17) is 9.47 Å². The third-order valence-corrected chi connectivity index (χ3v) is 6.46. The van der Waals surface area contributed by atoms with Crippen LogP contribution in [0.2, 0.25) is 0 Å². The molecule has 1 aliphatic rings. The molecule has 11 nitrogen and oxygen atoms in total. The number of aliphatic hydroxyl groups excluding tert-OH is 1. The highest BCUT2D eigenvalue weighted by atomic mass is 79.9. The minimum absolute atomic E-state index is 0.00576. The second-order valence-corrected chi connectivity index (χ2v) is 10.9. The van der Waals surface area contributed by atoms with E-state index in [1.54, 1.807) is 39.0 Å². The Bertz CT molecular complexity index is 1400. The predicted molar refractivity (Wildman–Crippen MR) is 150 cm³/mol. The molecule has 13 heteroatoms. The van der Waals surface area contributed by atoms with Gasteiger partial charge in [0.25, 0.3) is 5.91 Å². The fourth-order valence-electron chi connectivity index (χ4n) is 4.35. The van der Waals surface area contributed by atoms with Gasteiger partial charge in [0, 0.05) is 12.7 Å². The number of rotatable bonds is 7. The van der Waals surface area contributed by atoms with E-state index in [2.05, 4.69) is 41.5 Å². The number of ether oxygens (including phenoxy) is 2. The summed E-state index contributed by atoms with van der Waals surface area (Å²) in [6.07, 6.45) is 1.24. The first-order chi connectivity index (χ1) is 19.0. The SMILES string of the molecule is COc1cccc(F)c1-c1nccc(C(=O)Nc2ccc(Br)nc2N2CC(NC(=O)OC(C)(C)C)CC2CO)n1. The van der Waals surface area contributed by atoms with Gasteiger partial charge < -0.3 is 30.1 Å². The van der Waals surface area contributed by atoms with Gasteiger partial charge in [0.1, 0.15) is 27.5 Å². The molecular weight excluding hydrogens is 587 g/mol. The van der Waals surface area contributed by atoms with E-state index in [9.17, 15) is 19.1 Å². The van der Waals surface area contributed by atoms with Crippen LogP contribution in [0, 0.1) is 5.82 Å². The van der Waals surface area contributed by atoms with Crippen molar-refractivity contribution in [3.05, 3.63) is 58.7 Å². The Kier molecular flexibility index (Phi) is 8.84. The second-order valence-electron chi connectivity index (χ2n) is 10.1. The Hall–Kier alpha value is -3.84. The summed E-state index contributed by atoms with van der Waals surface area (Å²) in [6, 6.07) is 8.37. The molecule has 3 N–H and O–H groups in total. The first-order valence-corrected chi connectivity index (χ1v) is 13.3. The molecule has 0 spiro atoms. The van der Waals surface area contributed by atoms with Crippen molar-refractivity contribution in [2.45, 2.75) is 44.9 Å². The second kappa shape index (κ2) is 12.1. The standard InChI is InChI=1S/C27H30BrFN6O5/c1-27(2,3)40-26(38)31-15-12-16(14-36)35(13-15)24-18(8-9-21(28)34-24)33-25(37)19-10-11-30-23(32-19)22-17(29)6-5-7-20(22)39-4/h5-11,15-16,36H,12-14H2,1-4H3,(H,31,38)(H,33,37). The monoisotopic (exact) mass is 616 g/mol. The molecule has 2 unspecified atom stereocenters. The Labute approximate surface area is 239 Å². The molecule has 3 aromatic rings. The molecule has 0 aliphatic carbocycles. The van der Waals surface area contributed by atoms with Crippen LogP contribution in [-0.2, 0) is 4.74 Å². The van der Waals surface area contributed by atoms with E-state index in [1.807, 2.05) is 4.90 Å². The Morgan fingerprint density at radius 2 is 1.98 bits per heavy atom. The molecule has 4 rings (SSSR count). The highest BCUT2D eigenvalue weighted by Crippen LogP contribution is 2.33. The molecule has 2 aromatic heterocycles. The Balaban J connectivity index is 1.58. The number of hydrogen-bond acceptors (Lipinski definition) is 9. The average molecular weight is 617 g/mol. The molecule has 40 heavy (non-hydrogen) atoms. The minimum Gasteiger partial charge on any atom is -0.496 e. The maximum absolute atomic E-state index is 14.6. The van der Waals surface area contributed by atoms with Crippen LogP contribution in [0.25, 0.3) is 11.4 Å². The van der Waals surface area contributed by atoms with Crippen molar-refractivity contribution in [3.8, 4) is 17.1 Å². The Morgan fingerprint density at radius 1 is 1.20 bits per heavy atom. The summed E-state index contributed by atoms with van der Waals surface area (Å²) in [5, 5.41) is 15.7. The summed E-state index contributed by atoms with van der Waals surface area (Å²) in [5.41, 5.74) is -0.264. The number of carbonyl (C=O) groups is 2. The van der Waals surface area contributed by atoms with Gasteiger partial charge in [0.05, 0.1) is 37.1 Å². The van der Waals surface area contributed by atoms with Crippen LogP contribution in [0.15, 0.2) is 47.2 Å². The van der Waals surface area contributed by atoms with Crippen LogP contribution in [0.1, 0.15) is 37.7 Å². The van der Waals surface area contributed by atoms with E-state index in [-0.39, 0.29) is 41.5 Å². The van der Waals surface area contributed by atoms with Gasteiger partial charge in [-0.3, -0.25) is 4.79 Å². The lowest BCUT2D eigenvalue weighted by molar-refractivity contribution is 0.0507. The van der Waals surface area contributed by atoms with Gasteiger partial charge in [0.2, 0.25) is 0 Å². The lowest BCUT2D eigenvalue weighted by atomic mass is 10.1. The lowest BCUT2D eigenvalue weighted by Gasteiger charge is -2.26. The fraction of sp³-hybridized carbons (Fsp3) is 0.370. The van der Waals surface area contributed by atoms with Crippen LogP contribution in [-0.4, -0.2) is 70.0 Å². The number of nitrogens with one attached hydrogen (secondary N) is 2. The summed E-state index contributed by atoms with van der Waals surface area (Å²) < 4.78 is 25.7. The molecule has 1 aliphatic heterocycles. The van der Waals surface area contributed by atoms with Crippen molar-refractivity contribution in [1.82, 2.24) is 20.3 Å². The zero-order valence-corrected chi connectivity index (χ0v) is 24.0. The lowest BCUT2D eigenvalue weighted by Crippen LogP contribution is -2.40. The number of benzene rings is 1. The summed E-state index contributed by atoms with van der Waals surface area (Å²) in [4.78, 5) is 40.4. The molecule has 2 amide bonds. The number of carbonyl (C=O) groups excluding carboxylic acids is 2. The third-order valence-electron chi connectivity index (χ3n) is 6.01. The number of aliphatic hydroxyl groups is 1. The van der Waals surface area contributed by atoms with E-state index < -0.39 is 23.4 Å². The van der Waals surface area contributed by atoms with Gasteiger partial charge in [-0.25, -0.2) is 24.1 Å². The predicted octanol–water partition coefficient (Wildman–Crippen LogP) is 4.17. The van der Waals surface area contributed by atoms with Gasteiger partial charge in [-0.05, 0) is 73.5 Å². The van der Waals surface area contributed by atoms with Gasteiger partial charge in [-0.15, -0.1) is 0 Å². The zero-order valence-electron chi connectivity index (χ0n) is 22.4. The molecule has 0 radical (unpaired) electrons. The van der Waals surface area contributed by atoms with Crippen molar-refractivity contribution < 1.29 is 28.6 Å². The fourth-order valence-corrected chi connectivity index (χ4v) is 4.65. The number of amides is 2. The summed E-state index contributed by atoms with van der Waals surface area (Å²) >= 11 is 3.37. The number of nitrogens with zero attached hydrogens (tertiary/aromatic N) is 4. The van der Waals surface area contributed by atoms with Gasteiger partial charge in [-0.1, -0.05) is 6.07 Å². The largest absolute Gasteiger partial charge is 0.496 e. The van der Waals surface area contributed by atoms with Crippen molar-refractivity contribution in [3.63, 3.8) is 0 Å². The first-order valence-electron chi connectivity index (χ1n) is 12.5. The maximum Gasteiger partial charge on any atom is 0.407 e. The highest BCUT2D eigenvalue weighted by molar-refractivity contribution is 9.10. The molecular formula is C27H30BrFN6O5. The van der Waals surface area contributed by atoms with Crippen LogP contribution in [0.3, 0.4) is 0 Å². The number of anilines is 2.